The second-order valence-corrected chi connectivity index (χ2v) is 5.43. The van der Waals surface area contributed by atoms with Crippen LogP contribution in [0.25, 0.3) is 10.9 Å². The number of H-pyrrole nitrogens is 1. The van der Waals surface area contributed by atoms with E-state index >= 15 is 0 Å². The molecule has 0 bridgehead atoms. The monoisotopic (exact) mass is 272 g/mol. The van der Waals surface area contributed by atoms with Crippen molar-refractivity contribution in [1.82, 2.24) is 10.3 Å². The number of aryl methyl sites for hydroxylation is 1. The molecule has 0 saturated carbocycles. The molecule has 2 heterocycles. The van der Waals surface area contributed by atoms with Crippen LogP contribution in [0, 0.1) is 6.92 Å². The van der Waals surface area contributed by atoms with Crippen LogP contribution in [0.3, 0.4) is 0 Å². The summed E-state index contributed by atoms with van der Waals surface area (Å²) in [6.07, 6.45) is 4.69. The predicted molar refractivity (Wildman–Crippen MR) is 78.7 cm³/mol. The van der Waals surface area contributed by atoms with Crippen LogP contribution in [-0.2, 0) is 16.0 Å². The molecule has 4 nitrogen and oxygen atoms in total. The summed E-state index contributed by atoms with van der Waals surface area (Å²) in [7, 11) is 0. The summed E-state index contributed by atoms with van der Waals surface area (Å²) < 4.78 is 5.51. The second kappa shape index (κ2) is 5.67. The van der Waals surface area contributed by atoms with Crippen LogP contribution >= 0.6 is 0 Å². The van der Waals surface area contributed by atoms with Gasteiger partial charge in [0, 0.05) is 30.3 Å². The maximum absolute atomic E-state index is 12.0. The van der Waals surface area contributed by atoms with Crippen molar-refractivity contribution >= 4 is 16.8 Å². The second-order valence-electron chi connectivity index (χ2n) is 5.43. The Morgan fingerprint density at radius 3 is 3.20 bits per heavy atom. The van der Waals surface area contributed by atoms with Crippen molar-refractivity contribution < 1.29 is 9.53 Å². The van der Waals surface area contributed by atoms with Crippen LogP contribution in [0.15, 0.2) is 24.4 Å². The molecule has 20 heavy (non-hydrogen) atoms. The number of carbonyl (C=O) groups is 1. The number of aromatic nitrogens is 1. The number of fused-ring (bicyclic) bond motifs is 1. The molecule has 1 fully saturated rings. The van der Waals surface area contributed by atoms with Gasteiger partial charge in [-0.25, -0.2) is 0 Å². The molecule has 2 aromatic rings. The lowest BCUT2D eigenvalue weighted by atomic mass is 10.1. The third-order valence-corrected chi connectivity index (χ3v) is 3.90. The standard InChI is InChI=1S/C16H20N2O2/c1-11-4-2-6-14-16(11)12(9-17-14)8-15(19)18-10-13-5-3-7-20-13/h2,4,6,9,13,17H,3,5,7-8,10H2,1H3,(H,18,19). The fraction of sp³-hybridized carbons (Fsp3) is 0.438. The molecule has 0 spiro atoms. The highest BCUT2D eigenvalue weighted by atomic mass is 16.5. The fourth-order valence-electron chi connectivity index (χ4n) is 2.86. The van der Waals surface area contributed by atoms with Crippen LogP contribution in [0.1, 0.15) is 24.0 Å². The quantitative estimate of drug-likeness (QED) is 0.897. The zero-order valence-electron chi connectivity index (χ0n) is 11.7. The molecule has 1 atom stereocenters. The number of hydrogen-bond donors (Lipinski definition) is 2. The van der Waals surface area contributed by atoms with Gasteiger partial charge in [-0.2, -0.15) is 0 Å². The number of carbonyl (C=O) groups excluding carboxylic acids is 1. The van der Waals surface area contributed by atoms with Crippen LogP contribution < -0.4 is 5.32 Å². The number of benzene rings is 1. The smallest absolute Gasteiger partial charge is 0.224 e. The van der Waals surface area contributed by atoms with E-state index in [9.17, 15) is 4.79 Å². The number of rotatable bonds is 4. The van der Waals surface area contributed by atoms with Crippen molar-refractivity contribution in [2.75, 3.05) is 13.2 Å². The average Bonchev–Trinajstić information content (AvgIpc) is 3.07. The zero-order chi connectivity index (χ0) is 13.9. The van der Waals surface area contributed by atoms with E-state index in [1.54, 1.807) is 0 Å². The first-order valence-electron chi connectivity index (χ1n) is 7.18. The fourth-order valence-corrected chi connectivity index (χ4v) is 2.86. The summed E-state index contributed by atoms with van der Waals surface area (Å²) in [6, 6.07) is 6.13. The van der Waals surface area contributed by atoms with Crippen LogP contribution in [0.5, 0.6) is 0 Å². The molecule has 1 aromatic carbocycles. The Morgan fingerprint density at radius 2 is 2.40 bits per heavy atom. The molecular weight excluding hydrogens is 252 g/mol. The molecule has 1 unspecified atom stereocenters. The maximum atomic E-state index is 12.0. The first-order chi connectivity index (χ1) is 9.74. The number of nitrogens with one attached hydrogen (secondary N) is 2. The summed E-state index contributed by atoms with van der Waals surface area (Å²) in [4.78, 5) is 15.3. The highest BCUT2D eigenvalue weighted by Gasteiger charge is 2.17. The van der Waals surface area contributed by atoms with E-state index in [-0.39, 0.29) is 12.0 Å². The molecular formula is C16H20N2O2. The Hall–Kier alpha value is -1.81. The van der Waals surface area contributed by atoms with E-state index < -0.39 is 0 Å². The van der Waals surface area contributed by atoms with Crippen LogP contribution in [0.4, 0.5) is 0 Å². The van der Waals surface area contributed by atoms with E-state index in [2.05, 4.69) is 23.3 Å². The Labute approximate surface area is 118 Å². The zero-order valence-corrected chi connectivity index (χ0v) is 11.7. The molecule has 1 saturated heterocycles. The molecule has 4 heteroatoms. The van der Waals surface area contributed by atoms with E-state index in [1.807, 2.05) is 18.3 Å². The van der Waals surface area contributed by atoms with Gasteiger partial charge in [-0.05, 0) is 37.0 Å². The molecule has 3 rings (SSSR count). The van der Waals surface area contributed by atoms with Crippen molar-refractivity contribution in [1.29, 1.82) is 0 Å². The molecule has 0 radical (unpaired) electrons. The average molecular weight is 272 g/mol. The lowest BCUT2D eigenvalue weighted by molar-refractivity contribution is -0.120. The molecule has 0 aliphatic carbocycles. The molecule has 1 aromatic heterocycles. The highest BCUT2D eigenvalue weighted by Crippen LogP contribution is 2.22. The minimum atomic E-state index is 0.0599. The van der Waals surface area contributed by atoms with Crippen molar-refractivity contribution in [3.8, 4) is 0 Å². The molecule has 1 aliphatic rings. The Bertz CT molecular complexity index is 612. The minimum Gasteiger partial charge on any atom is -0.376 e. The number of hydrogen-bond acceptors (Lipinski definition) is 2. The lowest BCUT2D eigenvalue weighted by Crippen LogP contribution is -2.32. The van der Waals surface area contributed by atoms with Gasteiger partial charge in [-0.15, -0.1) is 0 Å². The van der Waals surface area contributed by atoms with Gasteiger partial charge in [-0.1, -0.05) is 12.1 Å². The molecule has 1 aliphatic heterocycles. The van der Waals surface area contributed by atoms with Crippen LogP contribution in [0.2, 0.25) is 0 Å². The Morgan fingerprint density at radius 1 is 1.50 bits per heavy atom. The van der Waals surface area contributed by atoms with Gasteiger partial charge in [0.05, 0.1) is 12.5 Å². The minimum absolute atomic E-state index is 0.0599. The van der Waals surface area contributed by atoms with Gasteiger partial charge in [0.1, 0.15) is 0 Å². The SMILES string of the molecule is Cc1cccc2[nH]cc(CC(=O)NCC3CCCO3)c12. The van der Waals surface area contributed by atoms with E-state index in [0.29, 0.717) is 13.0 Å². The van der Waals surface area contributed by atoms with Gasteiger partial charge >= 0.3 is 0 Å². The Kier molecular flexibility index (Phi) is 3.74. The number of aromatic amines is 1. The van der Waals surface area contributed by atoms with Gasteiger partial charge < -0.3 is 15.0 Å². The molecule has 1 amide bonds. The first kappa shape index (κ1) is 13.2. The summed E-state index contributed by atoms with van der Waals surface area (Å²) in [5.41, 5.74) is 3.35. The Balaban J connectivity index is 1.65. The third kappa shape index (κ3) is 2.70. The summed E-state index contributed by atoms with van der Waals surface area (Å²) in [5, 5.41) is 4.14. The van der Waals surface area contributed by atoms with Crippen molar-refractivity contribution in [2.45, 2.75) is 32.3 Å². The number of amides is 1. The van der Waals surface area contributed by atoms with E-state index in [1.165, 1.54) is 10.9 Å². The van der Waals surface area contributed by atoms with Gasteiger partial charge in [-0.3, -0.25) is 4.79 Å². The number of ether oxygens (including phenoxy) is 1. The van der Waals surface area contributed by atoms with Gasteiger partial charge in [0.2, 0.25) is 5.91 Å². The molecule has 2 N–H and O–H groups in total. The maximum Gasteiger partial charge on any atom is 0.224 e. The molecule has 106 valence electrons. The van der Waals surface area contributed by atoms with Crippen molar-refractivity contribution in [2.24, 2.45) is 0 Å². The highest BCUT2D eigenvalue weighted by molar-refractivity contribution is 5.91. The summed E-state index contributed by atoms with van der Waals surface area (Å²) in [5.74, 6) is 0.0599. The first-order valence-corrected chi connectivity index (χ1v) is 7.18. The van der Waals surface area contributed by atoms with Gasteiger partial charge in [0.25, 0.3) is 0 Å². The topological polar surface area (TPSA) is 54.1 Å². The summed E-state index contributed by atoms with van der Waals surface area (Å²) >= 11 is 0. The van der Waals surface area contributed by atoms with Crippen molar-refractivity contribution in [3.63, 3.8) is 0 Å². The van der Waals surface area contributed by atoms with Crippen molar-refractivity contribution in [3.05, 3.63) is 35.5 Å². The summed E-state index contributed by atoms with van der Waals surface area (Å²) in [6.45, 7) is 3.52. The van der Waals surface area contributed by atoms with E-state index in [4.69, 9.17) is 4.74 Å². The normalized spacial score (nSPS) is 18.6. The predicted octanol–water partition coefficient (Wildman–Crippen LogP) is 2.31. The van der Waals surface area contributed by atoms with Gasteiger partial charge in [0.15, 0.2) is 0 Å². The van der Waals surface area contributed by atoms with Crippen LogP contribution in [-0.4, -0.2) is 30.1 Å². The third-order valence-electron chi connectivity index (χ3n) is 3.90. The lowest BCUT2D eigenvalue weighted by Gasteiger charge is -2.10. The largest absolute Gasteiger partial charge is 0.376 e. The van der Waals surface area contributed by atoms with E-state index in [0.717, 1.165) is 30.5 Å².